The molecule has 4 heteroatoms. The van der Waals surface area contributed by atoms with Crippen molar-refractivity contribution in [3.63, 3.8) is 0 Å². The smallest absolute Gasteiger partial charge is 0.339 e. The van der Waals surface area contributed by atoms with Crippen molar-refractivity contribution >= 4 is 17.6 Å². The van der Waals surface area contributed by atoms with Gasteiger partial charge in [-0.15, -0.1) is 0 Å². The van der Waals surface area contributed by atoms with Crippen LogP contribution in [0.15, 0.2) is 78.9 Å². The second-order valence-corrected chi connectivity index (χ2v) is 6.62. The molecule has 4 rings (SSSR count). The van der Waals surface area contributed by atoms with Gasteiger partial charge in [0.1, 0.15) is 0 Å². The molecular weight excluding hydrogens is 338 g/mol. The molecule has 134 valence electrons. The molecule has 3 aromatic rings. The van der Waals surface area contributed by atoms with Crippen LogP contribution in [0.3, 0.4) is 0 Å². The van der Waals surface area contributed by atoms with Gasteiger partial charge in [0.05, 0.1) is 17.8 Å². The largest absolute Gasteiger partial charge is 0.444 e. The molecule has 1 unspecified atom stereocenters. The van der Waals surface area contributed by atoms with Crippen molar-refractivity contribution in [3.8, 4) is 0 Å². The van der Waals surface area contributed by atoms with E-state index in [0.717, 1.165) is 22.4 Å². The van der Waals surface area contributed by atoms with E-state index in [4.69, 9.17) is 4.74 Å². The standard InChI is InChI=1S/C23H19NO3/c1-16-11-13-18(14-12-16)23(26)27-21-19-9-5-6-10-20(19)24(22(21)25)15-17-7-3-2-4-8-17/h2-14,21H,15H2,1H3. The summed E-state index contributed by atoms with van der Waals surface area (Å²) in [6.07, 6.45) is -0.918. The van der Waals surface area contributed by atoms with Crippen LogP contribution in [0.4, 0.5) is 5.69 Å². The lowest BCUT2D eigenvalue weighted by molar-refractivity contribution is -0.126. The van der Waals surface area contributed by atoms with Crippen LogP contribution in [0.1, 0.15) is 33.2 Å². The van der Waals surface area contributed by atoms with Crippen molar-refractivity contribution in [2.45, 2.75) is 19.6 Å². The Morgan fingerprint density at radius 3 is 2.33 bits per heavy atom. The second-order valence-electron chi connectivity index (χ2n) is 6.62. The molecule has 0 aliphatic carbocycles. The first-order valence-electron chi connectivity index (χ1n) is 8.85. The Labute approximate surface area is 158 Å². The molecule has 0 bridgehead atoms. The topological polar surface area (TPSA) is 46.6 Å². The molecule has 0 spiro atoms. The first-order valence-corrected chi connectivity index (χ1v) is 8.85. The second kappa shape index (κ2) is 7.08. The quantitative estimate of drug-likeness (QED) is 0.649. The van der Waals surface area contributed by atoms with Crippen molar-refractivity contribution in [1.29, 1.82) is 0 Å². The predicted molar refractivity (Wildman–Crippen MR) is 103 cm³/mol. The zero-order valence-corrected chi connectivity index (χ0v) is 15.0. The fourth-order valence-electron chi connectivity index (χ4n) is 3.26. The number of amides is 1. The minimum absolute atomic E-state index is 0.222. The predicted octanol–water partition coefficient (Wildman–Crippen LogP) is 4.44. The van der Waals surface area contributed by atoms with Gasteiger partial charge in [-0.2, -0.15) is 0 Å². The highest BCUT2D eigenvalue weighted by Gasteiger charge is 2.39. The van der Waals surface area contributed by atoms with E-state index in [-0.39, 0.29) is 5.91 Å². The van der Waals surface area contributed by atoms with E-state index in [1.807, 2.05) is 73.7 Å². The Balaban J connectivity index is 1.61. The van der Waals surface area contributed by atoms with Gasteiger partial charge in [0.2, 0.25) is 6.10 Å². The van der Waals surface area contributed by atoms with Gasteiger partial charge in [0, 0.05) is 5.56 Å². The van der Waals surface area contributed by atoms with Crippen LogP contribution in [0.25, 0.3) is 0 Å². The summed E-state index contributed by atoms with van der Waals surface area (Å²) < 4.78 is 5.61. The number of anilines is 1. The Morgan fingerprint density at radius 1 is 0.926 bits per heavy atom. The highest BCUT2D eigenvalue weighted by molar-refractivity contribution is 6.05. The van der Waals surface area contributed by atoms with Crippen molar-refractivity contribution in [3.05, 3.63) is 101 Å². The molecule has 0 saturated heterocycles. The summed E-state index contributed by atoms with van der Waals surface area (Å²) in [5.41, 5.74) is 4.02. The number of hydrogen-bond acceptors (Lipinski definition) is 3. The van der Waals surface area contributed by atoms with Gasteiger partial charge in [-0.1, -0.05) is 66.2 Å². The number of ether oxygens (including phenoxy) is 1. The number of carbonyl (C=O) groups is 2. The maximum Gasteiger partial charge on any atom is 0.339 e. The number of fused-ring (bicyclic) bond motifs is 1. The SMILES string of the molecule is Cc1ccc(C(=O)OC2C(=O)N(Cc3ccccc3)c3ccccc32)cc1. The molecule has 0 aromatic heterocycles. The number of hydrogen-bond donors (Lipinski definition) is 0. The van der Waals surface area contributed by atoms with Crippen LogP contribution < -0.4 is 4.90 Å². The molecule has 1 amide bonds. The Hall–Kier alpha value is -3.40. The van der Waals surface area contributed by atoms with Crippen LogP contribution in [-0.2, 0) is 16.1 Å². The molecule has 27 heavy (non-hydrogen) atoms. The minimum Gasteiger partial charge on any atom is -0.444 e. The lowest BCUT2D eigenvalue weighted by atomic mass is 10.1. The first kappa shape index (κ1) is 17.0. The van der Waals surface area contributed by atoms with E-state index in [0.29, 0.717) is 12.1 Å². The van der Waals surface area contributed by atoms with Crippen LogP contribution >= 0.6 is 0 Å². The zero-order chi connectivity index (χ0) is 18.8. The van der Waals surface area contributed by atoms with E-state index in [9.17, 15) is 9.59 Å². The third-order valence-electron chi connectivity index (χ3n) is 4.70. The van der Waals surface area contributed by atoms with E-state index in [1.165, 1.54) is 0 Å². The van der Waals surface area contributed by atoms with Gasteiger partial charge < -0.3 is 9.64 Å². The zero-order valence-electron chi connectivity index (χ0n) is 15.0. The Kier molecular flexibility index (Phi) is 4.47. The molecule has 4 nitrogen and oxygen atoms in total. The Bertz CT molecular complexity index is 980. The molecule has 0 radical (unpaired) electrons. The molecule has 3 aromatic carbocycles. The van der Waals surface area contributed by atoms with Crippen LogP contribution in [-0.4, -0.2) is 11.9 Å². The first-order chi connectivity index (χ1) is 13.1. The van der Waals surface area contributed by atoms with Gasteiger partial charge in [-0.3, -0.25) is 4.79 Å². The highest BCUT2D eigenvalue weighted by atomic mass is 16.5. The highest BCUT2D eigenvalue weighted by Crippen LogP contribution is 2.39. The molecule has 1 heterocycles. The van der Waals surface area contributed by atoms with Crippen LogP contribution in [0.5, 0.6) is 0 Å². The summed E-state index contributed by atoms with van der Waals surface area (Å²) in [7, 11) is 0. The average molecular weight is 357 g/mol. The molecule has 0 N–H and O–H groups in total. The maximum atomic E-state index is 13.0. The number of esters is 1. The lowest BCUT2D eigenvalue weighted by Gasteiger charge is -2.18. The van der Waals surface area contributed by atoms with Gasteiger partial charge >= 0.3 is 5.97 Å². The van der Waals surface area contributed by atoms with E-state index in [1.54, 1.807) is 17.0 Å². The molecule has 0 saturated carbocycles. The monoisotopic (exact) mass is 357 g/mol. The Morgan fingerprint density at radius 2 is 1.59 bits per heavy atom. The number of rotatable bonds is 4. The van der Waals surface area contributed by atoms with E-state index >= 15 is 0 Å². The molecule has 0 fully saturated rings. The van der Waals surface area contributed by atoms with E-state index < -0.39 is 12.1 Å². The van der Waals surface area contributed by atoms with Gasteiger partial charge in [0.25, 0.3) is 5.91 Å². The summed E-state index contributed by atoms with van der Waals surface area (Å²) in [6, 6.07) is 24.4. The summed E-state index contributed by atoms with van der Waals surface area (Å²) in [6.45, 7) is 2.39. The average Bonchev–Trinajstić information content (AvgIpc) is 2.95. The van der Waals surface area contributed by atoms with Gasteiger partial charge in [-0.25, -0.2) is 4.79 Å². The summed E-state index contributed by atoms with van der Waals surface area (Å²) in [5, 5.41) is 0. The van der Waals surface area contributed by atoms with E-state index in [2.05, 4.69) is 0 Å². The minimum atomic E-state index is -0.918. The maximum absolute atomic E-state index is 13.0. The third kappa shape index (κ3) is 3.34. The number of nitrogens with zero attached hydrogens (tertiary/aromatic N) is 1. The lowest BCUT2D eigenvalue weighted by Crippen LogP contribution is -2.30. The van der Waals surface area contributed by atoms with Gasteiger partial charge in [-0.05, 0) is 30.7 Å². The van der Waals surface area contributed by atoms with Crippen molar-refractivity contribution in [2.24, 2.45) is 0 Å². The fraction of sp³-hybridized carbons (Fsp3) is 0.130. The third-order valence-corrected chi connectivity index (χ3v) is 4.70. The summed E-state index contributed by atoms with van der Waals surface area (Å²) >= 11 is 0. The molecular formula is C23H19NO3. The van der Waals surface area contributed by atoms with Crippen LogP contribution in [0, 0.1) is 6.92 Å². The normalized spacial score (nSPS) is 15.5. The number of aryl methyl sites for hydroxylation is 1. The summed E-state index contributed by atoms with van der Waals surface area (Å²) in [5.74, 6) is -0.717. The molecule has 1 atom stereocenters. The number of benzene rings is 3. The fourth-order valence-corrected chi connectivity index (χ4v) is 3.26. The molecule has 1 aliphatic heterocycles. The molecule has 1 aliphatic rings. The van der Waals surface area contributed by atoms with Crippen molar-refractivity contribution in [1.82, 2.24) is 0 Å². The van der Waals surface area contributed by atoms with Gasteiger partial charge in [0.15, 0.2) is 0 Å². The van der Waals surface area contributed by atoms with Crippen molar-refractivity contribution < 1.29 is 14.3 Å². The number of carbonyl (C=O) groups excluding carboxylic acids is 2. The van der Waals surface area contributed by atoms with Crippen LogP contribution in [0.2, 0.25) is 0 Å². The van der Waals surface area contributed by atoms with Crippen molar-refractivity contribution in [2.75, 3.05) is 4.90 Å². The summed E-state index contributed by atoms with van der Waals surface area (Å²) in [4.78, 5) is 27.3. The number of para-hydroxylation sites is 1.